The number of aromatic nitrogens is 2. The summed E-state index contributed by atoms with van der Waals surface area (Å²) in [7, 11) is 0. The van der Waals surface area contributed by atoms with Gasteiger partial charge < -0.3 is 15.2 Å². The van der Waals surface area contributed by atoms with Crippen LogP contribution in [0.4, 0.5) is 17.6 Å². The van der Waals surface area contributed by atoms with Crippen LogP contribution in [0, 0.1) is 5.82 Å². The number of halogens is 4. The summed E-state index contributed by atoms with van der Waals surface area (Å²) >= 11 is 0. The lowest BCUT2D eigenvalue weighted by Gasteiger charge is -2.48. The third-order valence-corrected chi connectivity index (χ3v) is 5.58. The van der Waals surface area contributed by atoms with Crippen LogP contribution in [0.3, 0.4) is 0 Å². The first-order valence-corrected chi connectivity index (χ1v) is 8.69. The molecule has 1 aromatic carbocycles. The van der Waals surface area contributed by atoms with Gasteiger partial charge in [0.25, 0.3) is 0 Å². The number of fused-ring (bicyclic) bond motifs is 2. The van der Waals surface area contributed by atoms with Crippen molar-refractivity contribution in [2.24, 2.45) is 0 Å². The number of H-pyrrole nitrogens is 1. The maximum atomic E-state index is 14.1. The molecule has 148 valence electrons. The normalized spacial score (nSPS) is 24.3. The van der Waals surface area contributed by atoms with Crippen LogP contribution in [0.2, 0.25) is 0 Å². The van der Waals surface area contributed by atoms with Crippen molar-refractivity contribution in [2.45, 2.75) is 43.4 Å². The van der Waals surface area contributed by atoms with Crippen LogP contribution in [0.15, 0.2) is 36.7 Å². The molecule has 2 atom stereocenters. The van der Waals surface area contributed by atoms with Crippen molar-refractivity contribution in [3.05, 3.63) is 59.3 Å². The zero-order valence-corrected chi connectivity index (χ0v) is 15.1. The second kappa shape index (κ2) is 5.70. The fourth-order valence-electron chi connectivity index (χ4n) is 4.49. The number of rotatable bonds is 1. The molecule has 2 heterocycles. The Kier molecular flexibility index (Phi) is 3.81. The predicted molar refractivity (Wildman–Crippen MR) is 94.6 cm³/mol. The topological polar surface area (TPSA) is 69.1 Å². The molecule has 0 amide bonds. The van der Waals surface area contributed by atoms with E-state index in [1.807, 2.05) is 0 Å². The average Bonchev–Trinajstić information content (AvgIpc) is 2.99. The van der Waals surface area contributed by atoms with Crippen molar-refractivity contribution in [1.82, 2.24) is 9.97 Å². The van der Waals surface area contributed by atoms with E-state index in [0.717, 1.165) is 6.07 Å². The third-order valence-electron chi connectivity index (χ3n) is 5.58. The predicted octanol–water partition coefficient (Wildman–Crippen LogP) is 4.51. The number of nitrogens with zero attached hydrogens (tertiary/aromatic N) is 1. The zero-order valence-electron chi connectivity index (χ0n) is 15.1. The van der Waals surface area contributed by atoms with E-state index in [4.69, 9.17) is 0 Å². The number of aromatic hydroxyl groups is 1. The molecule has 1 aliphatic carbocycles. The van der Waals surface area contributed by atoms with Crippen LogP contribution in [-0.4, -0.2) is 32.0 Å². The Morgan fingerprint density at radius 1 is 1.21 bits per heavy atom. The highest BCUT2D eigenvalue weighted by molar-refractivity contribution is 5.79. The fourth-order valence-corrected chi connectivity index (χ4v) is 4.49. The van der Waals surface area contributed by atoms with E-state index in [-0.39, 0.29) is 16.8 Å². The Morgan fingerprint density at radius 2 is 1.93 bits per heavy atom. The zero-order chi connectivity index (χ0) is 20.5. The lowest BCUT2D eigenvalue weighted by Crippen LogP contribution is -2.56. The molecular formula is C20H18F4N2O2. The van der Waals surface area contributed by atoms with Gasteiger partial charge in [0.15, 0.2) is 17.2 Å². The maximum Gasteiger partial charge on any atom is 0.418 e. The standard InChI is InChI=1S/C20H18F4N2O2/c1-18(2)9-19(28,20(22,23)24)15(11-3-4-12(21)17(27)16(11)18)14-7-10-8-25-6-5-13(10)26-14/h3-8,15,26-28H,9H2,1-2H3. The number of nitrogens with one attached hydrogen (secondary N) is 1. The monoisotopic (exact) mass is 394 g/mol. The molecule has 0 radical (unpaired) electrons. The molecule has 0 aliphatic heterocycles. The Morgan fingerprint density at radius 3 is 2.57 bits per heavy atom. The van der Waals surface area contributed by atoms with Crippen LogP contribution in [-0.2, 0) is 5.41 Å². The highest BCUT2D eigenvalue weighted by Crippen LogP contribution is 2.58. The Hall–Kier alpha value is -2.61. The Labute approximate surface area is 157 Å². The summed E-state index contributed by atoms with van der Waals surface area (Å²) < 4.78 is 56.4. The highest BCUT2D eigenvalue weighted by atomic mass is 19.4. The van der Waals surface area contributed by atoms with Gasteiger partial charge in [0.05, 0.1) is 5.92 Å². The van der Waals surface area contributed by atoms with Crippen LogP contribution >= 0.6 is 0 Å². The number of phenolic OH excluding ortho intramolecular Hbond substituents is 1. The van der Waals surface area contributed by atoms with Gasteiger partial charge in [0, 0.05) is 34.6 Å². The van der Waals surface area contributed by atoms with E-state index in [1.54, 1.807) is 6.07 Å². The first-order chi connectivity index (χ1) is 13.0. The van der Waals surface area contributed by atoms with E-state index >= 15 is 0 Å². The largest absolute Gasteiger partial charge is 0.505 e. The van der Waals surface area contributed by atoms with Gasteiger partial charge in [-0.05, 0) is 35.6 Å². The molecule has 0 bridgehead atoms. The van der Waals surface area contributed by atoms with Crippen molar-refractivity contribution in [3.63, 3.8) is 0 Å². The van der Waals surface area contributed by atoms with Crippen molar-refractivity contribution in [1.29, 1.82) is 0 Å². The number of aromatic amines is 1. The van der Waals surface area contributed by atoms with Gasteiger partial charge in [-0.3, -0.25) is 4.98 Å². The molecule has 2 aromatic heterocycles. The summed E-state index contributed by atoms with van der Waals surface area (Å²) in [6.45, 7) is 2.90. The number of hydrogen-bond donors (Lipinski definition) is 3. The van der Waals surface area contributed by atoms with Crippen molar-refractivity contribution in [2.75, 3.05) is 0 Å². The molecule has 28 heavy (non-hydrogen) atoms. The van der Waals surface area contributed by atoms with Gasteiger partial charge in [-0.1, -0.05) is 19.9 Å². The van der Waals surface area contributed by atoms with Gasteiger partial charge in [-0.15, -0.1) is 0 Å². The van der Waals surface area contributed by atoms with Crippen LogP contribution in [0.1, 0.15) is 43.0 Å². The quantitative estimate of drug-likeness (QED) is 0.532. The van der Waals surface area contributed by atoms with Gasteiger partial charge >= 0.3 is 6.18 Å². The van der Waals surface area contributed by atoms with Gasteiger partial charge in [0.2, 0.25) is 0 Å². The lowest BCUT2D eigenvalue weighted by molar-refractivity contribution is -0.275. The second-order valence-corrected chi connectivity index (χ2v) is 7.96. The lowest BCUT2D eigenvalue weighted by atomic mass is 9.60. The number of aliphatic hydroxyl groups is 1. The minimum absolute atomic E-state index is 0.0366. The number of hydrogen-bond acceptors (Lipinski definition) is 3. The van der Waals surface area contributed by atoms with Gasteiger partial charge in [-0.25, -0.2) is 4.39 Å². The summed E-state index contributed by atoms with van der Waals surface area (Å²) in [5.41, 5.74) is -3.63. The number of pyridine rings is 1. The summed E-state index contributed by atoms with van der Waals surface area (Å²) in [5.74, 6) is -3.16. The molecule has 8 heteroatoms. The fraction of sp³-hybridized carbons (Fsp3) is 0.350. The first-order valence-electron chi connectivity index (χ1n) is 8.69. The molecular weight excluding hydrogens is 376 g/mol. The average molecular weight is 394 g/mol. The van der Waals surface area contributed by atoms with Gasteiger partial charge in [-0.2, -0.15) is 13.2 Å². The van der Waals surface area contributed by atoms with E-state index < -0.39 is 41.1 Å². The third kappa shape index (κ3) is 2.51. The van der Waals surface area contributed by atoms with Crippen LogP contribution in [0.5, 0.6) is 5.75 Å². The molecule has 1 aliphatic rings. The van der Waals surface area contributed by atoms with E-state index in [2.05, 4.69) is 9.97 Å². The molecule has 4 nitrogen and oxygen atoms in total. The smallest absolute Gasteiger partial charge is 0.418 e. The van der Waals surface area contributed by atoms with Gasteiger partial charge in [0.1, 0.15) is 0 Å². The Balaban J connectivity index is 2.06. The molecule has 0 spiro atoms. The number of benzene rings is 1. The minimum atomic E-state index is -4.95. The van der Waals surface area contributed by atoms with E-state index in [0.29, 0.717) is 10.9 Å². The first kappa shape index (κ1) is 18.7. The Bertz CT molecular complexity index is 1040. The summed E-state index contributed by atoms with van der Waals surface area (Å²) in [6, 6.07) is 5.23. The molecule has 0 saturated heterocycles. The summed E-state index contributed by atoms with van der Waals surface area (Å²) in [4.78, 5) is 6.87. The second-order valence-electron chi connectivity index (χ2n) is 7.96. The molecule has 3 aromatic rings. The molecule has 0 fully saturated rings. The highest BCUT2D eigenvalue weighted by Gasteiger charge is 2.64. The van der Waals surface area contributed by atoms with Crippen LogP contribution in [0.25, 0.3) is 10.9 Å². The number of phenols is 1. The summed E-state index contributed by atoms with van der Waals surface area (Å²) in [5, 5.41) is 21.8. The van der Waals surface area contributed by atoms with Crippen LogP contribution < -0.4 is 0 Å². The van der Waals surface area contributed by atoms with Crippen molar-refractivity contribution >= 4 is 10.9 Å². The summed E-state index contributed by atoms with van der Waals surface area (Å²) in [6.07, 6.45) is -2.69. The minimum Gasteiger partial charge on any atom is -0.505 e. The molecule has 2 unspecified atom stereocenters. The maximum absolute atomic E-state index is 14.1. The van der Waals surface area contributed by atoms with Crippen molar-refractivity contribution in [3.8, 4) is 5.75 Å². The van der Waals surface area contributed by atoms with Crippen molar-refractivity contribution < 1.29 is 27.8 Å². The number of alkyl halides is 3. The SMILES string of the molecule is CC1(C)CC(O)(C(F)(F)F)C(c2cc3cnccc3[nH]2)c2ccc(F)c(O)c21. The molecule has 3 N–H and O–H groups in total. The van der Waals surface area contributed by atoms with E-state index in [1.165, 1.54) is 38.4 Å². The molecule has 4 rings (SSSR count). The van der Waals surface area contributed by atoms with E-state index in [9.17, 15) is 27.8 Å². The molecule has 0 saturated carbocycles.